The number of allylic oxidation sites excluding steroid dienone is 2. The second-order valence-corrected chi connectivity index (χ2v) is 21.9. The summed E-state index contributed by atoms with van der Waals surface area (Å²) in [5.74, 6) is 0.151. The maximum Gasteiger partial charge on any atom is 0.193 e. The molecule has 4 atom stereocenters. The van der Waals surface area contributed by atoms with Crippen LogP contribution in [0.1, 0.15) is 55.4 Å². The Morgan fingerprint density at radius 1 is 0.968 bits per heavy atom. The predicted octanol–water partition coefficient (Wildman–Crippen LogP) is 6.39. The Labute approximate surface area is 192 Å². The summed E-state index contributed by atoms with van der Waals surface area (Å²) in [4.78, 5) is 0. The third kappa shape index (κ3) is 5.92. The van der Waals surface area contributed by atoms with Crippen LogP contribution in [0.3, 0.4) is 0 Å². The quantitative estimate of drug-likeness (QED) is 0.421. The normalized spacial score (nSPS) is 31.2. The van der Waals surface area contributed by atoms with Gasteiger partial charge in [0, 0.05) is 0 Å². The smallest absolute Gasteiger partial charge is 0.193 e. The fourth-order valence-corrected chi connectivity index (χ4v) is 5.84. The van der Waals surface area contributed by atoms with E-state index in [1.165, 1.54) is 0 Å². The molecule has 0 bridgehead atoms. The molecule has 0 spiro atoms. The monoisotopic (exact) mass is 470 g/mol. The lowest BCUT2D eigenvalue weighted by Gasteiger charge is -2.43. The van der Waals surface area contributed by atoms with Gasteiger partial charge >= 0.3 is 0 Å². The second kappa shape index (κ2) is 8.72. The average molecular weight is 471 g/mol. The highest BCUT2D eigenvalue weighted by molar-refractivity contribution is 6.74. The first-order valence-electron chi connectivity index (χ1n) is 11.5. The van der Waals surface area contributed by atoms with Crippen molar-refractivity contribution >= 4 is 16.6 Å². The van der Waals surface area contributed by atoms with E-state index in [4.69, 9.17) is 23.1 Å². The van der Waals surface area contributed by atoms with Crippen molar-refractivity contribution in [2.75, 3.05) is 6.61 Å². The second-order valence-electron chi connectivity index (χ2n) is 12.4. The van der Waals surface area contributed by atoms with Crippen LogP contribution >= 0.6 is 0 Å². The SMILES string of the molecule is C=C/C=C1\O[C@H]([C@H]2COC(C)(C)O2)[C@H](O[Si](C)(C)C(C)(C)C)[C@H]1O[Si](C)(C)C(C)(C)C. The lowest BCUT2D eigenvalue weighted by atomic mass is 10.1. The largest absolute Gasteiger partial charge is 0.486 e. The van der Waals surface area contributed by atoms with E-state index in [-0.39, 0.29) is 34.5 Å². The van der Waals surface area contributed by atoms with Crippen LogP contribution in [0.25, 0.3) is 0 Å². The van der Waals surface area contributed by atoms with Crippen molar-refractivity contribution in [1.82, 2.24) is 0 Å². The molecule has 0 aliphatic carbocycles. The summed E-state index contributed by atoms with van der Waals surface area (Å²) in [6, 6.07) is 0. The fourth-order valence-electron chi connectivity index (χ4n) is 3.31. The van der Waals surface area contributed by atoms with Crippen LogP contribution in [0.2, 0.25) is 36.3 Å². The Morgan fingerprint density at radius 3 is 1.90 bits per heavy atom. The lowest BCUT2D eigenvalue weighted by molar-refractivity contribution is -0.156. The molecule has 2 fully saturated rings. The summed E-state index contributed by atoms with van der Waals surface area (Å²) >= 11 is 0. The van der Waals surface area contributed by atoms with Gasteiger partial charge in [0.05, 0.1) is 6.61 Å². The zero-order chi connectivity index (χ0) is 24.0. The van der Waals surface area contributed by atoms with Crippen LogP contribution < -0.4 is 0 Å². The Morgan fingerprint density at radius 2 is 1.48 bits per heavy atom. The van der Waals surface area contributed by atoms with Gasteiger partial charge in [-0.2, -0.15) is 0 Å². The Kier molecular flexibility index (Phi) is 7.54. The maximum atomic E-state index is 7.00. The topological polar surface area (TPSA) is 46.2 Å². The van der Waals surface area contributed by atoms with Gasteiger partial charge in [-0.25, -0.2) is 0 Å². The highest BCUT2D eigenvalue weighted by Gasteiger charge is 2.56. The van der Waals surface area contributed by atoms with E-state index in [0.717, 1.165) is 5.76 Å². The van der Waals surface area contributed by atoms with E-state index < -0.39 is 22.4 Å². The van der Waals surface area contributed by atoms with E-state index >= 15 is 0 Å². The molecule has 0 amide bonds. The van der Waals surface area contributed by atoms with Crippen LogP contribution in [0.4, 0.5) is 0 Å². The molecule has 180 valence electrons. The number of hydrogen-bond donors (Lipinski definition) is 0. The first-order valence-corrected chi connectivity index (χ1v) is 17.3. The van der Waals surface area contributed by atoms with Crippen molar-refractivity contribution in [3.63, 3.8) is 0 Å². The van der Waals surface area contributed by atoms with E-state index in [1.54, 1.807) is 6.08 Å². The third-order valence-electron chi connectivity index (χ3n) is 7.32. The molecule has 0 radical (unpaired) electrons. The van der Waals surface area contributed by atoms with Crippen molar-refractivity contribution in [3.8, 4) is 0 Å². The van der Waals surface area contributed by atoms with Crippen LogP contribution in [0.15, 0.2) is 24.5 Å². The van der Waals surface area contributed by atoms with Crippen LogP contribution in [-0.4, -0.2) is 53.4 Å². The molecule has 2 heterocycles. The van der Waals surface area contributed by atoms with Gasteiger partial charge in [0.2, 0.25) is 0 Å². The molecule has 0 aromatic heterocycles. The highest BCUT2D eigenvalue weighted by atomic mass is 28.4. The van der Waals surface area contributed by atoms with Crippen molar-refractivity contribution in [1.29, 1.82) is 0 Å². The minimum Gasteiger partial charge on any atom is -0.486 e. The molecular formula is C24H46O5Si2. The van der Waals surface area contributed by atoms with Gasteiger partial charge < -0.3 is 23.1 Å². The van der Waals surface area contributed by atoms with Gasteiger partial charge in [0.25, 0.3) is 0 Å². The molecule has 2 rings (SSSR count). The van der Waals surface area contributed by atoms with E-state index in [1.807, 2.05) is 19.9 Å². The van der Waals surface area contributed by atoms with Gasteiger partial charge in [-0.1, -0.05) is 54.2 Å². The van der Waals surface area contributed by atoms with E-state index in [2.05, 4.69) is 74.3 Å². The van der Waals surface area contributed by atoms with Gasteiger partial charge in [0.1, 0.15) is 24.1 Å². The van der Waals surface area contributed by atoms with Gasteiger partial charge in [-0.3, -0.25) is 0 Å². The van der Waals surface area contributed by atoms with E-state index in [9.17, 15) is 0 Å². The number of ether oxygens (including phenoxy) is 3. The molecule has 0 N–H and O–H groups in total. The summed E-state index contributed by atoms with van der Waals surface area (Å²) in [6.07, 6.45) is 2.62. The molecule has 0 saturated carbocycles. The van der Waals surface area contributed by atoms with Crippen molar-refractivity contribution in [2.45, 2.75) is 122 Å². The predicted molar refractivity (Wildman–Crippen MR) is 132 cm³/mol. The number of rotatable bonds is 6. The fraction of sp³-hybridized carbons (Fsp3) is 0.833. The van der Waals surface area contributed by atoms with Crippen LogP contribution in [0.5, 0.6) is 0 Å². The van der Waals surface area contributed by atoms with Crippen LogP contribution in [0, 0.1) is 0 Å². The van der Waals surface area contributed by atoms with Gasteiger partial charge in [0.15, 0.2) is 28.5 Å². The maximum absolute atomic E-state index is 7.00. The molecule has 0 aromatic carbocycles. The molecular weight excluding hydrogens is 424 g/mol. The minimum atomic E-state index is -2.11. The Hall–Kier alpha value is -0.446. The molecule has 2 aliphatic heterocycles. The van der Waals surface area contributed by atoms with Crippen molar-refractivity contribution in [3.05, 3.63) is 24.5 Å². The summed E-state index contributed by atoms with van der Waals surface area (Å²) < 4.78 is 32.6. The third-order valence-corrected chi connectivity index (χ3v) is 16.2. The van der Waals surface area contributed by atoms with E-state index in [0.29, 0.717) is 6.61 Å². The highest BCUT2D eigenvalue weighted by Crippen LogP contribution is 2.46. The molecule has 7 heteroatoms. The molecule has 2 saturated heterocycles. The standard InChI is InChI=1S/C24H46O5Si2/c1-14-15-17-20(28-30(10,11)22(2,3)4)21(29-31(12,13)23(5,6)7)19(26-17)18-16-25-24(8,9)27-18/h14-15,18-21H,1,16H2,2-13H3/b17-15-/t18-,19-,20+,21+/m1/s1. The molecule has 2 aliphatic rings. The summed E-state index contributed by atoms with van der Waals surface area (Å²) in [7, 11) is -4.20. The molecule has 31 heavy (non-hydrogen) atoms. The zero-order valence-electron chi connectivity index (χ0n) is 21.9. The summed E-state index contributed by atoms with van der Waals surface area (Å²) in [6.45, 7) is 30.9. The molecule has 0 unspecified atom stereocenters. The molecule has 0 aromatic rings. The van der Waals surface area contributed by atoms with Crippen molar-refractivity contribution < 1.29 is 23.1 Å². The average Bonchev–Trinajstić information content (AvgIpc) is 3.06. The Bertz CT molecular complexity index is 685. The summed E-state index contributed by atoms with van der Waals surface area (Å²) in [5.41, 5.74) is 0. The van der Waals surface area contributed by atoms with Crippen molar-refractivity contribution in [2.24, 2.45) is 0 Å². The molecule has 5 nitrogen and oxygen atoms in total. The summed E-state index contributed by atoms with van der Waals surface area (Å²) in [5, 5.41) is 0.136. The van der Waals surface area contributed by atoms with Gasteiger partial charge in [-0.05, 0) is 56.2 Å². The lowest BCUT2D eigenvalue weighted by Crippen LogP contribution is -2.54. The van der Waals surface area contributed by atoms with Gasteiger partial charge in [-0.15, -0.1) is 0 Å². The Balaban J connectivity index is 2.48. The zero-order valence-corrected chi connectivity index (χ0v) is 23.9. The first kappa shape index (κ1) is 26.8. The van der Waals surface area contributed by atoms with Crippen LogP contribution in [-0.2, 0) is 23.1 Å². The minimum absolute atomic E-state index is 0.0658. The first-order chi connectivity index (χ1) is 13.8. The number of hydrogen-bond acceptors (Lipinski definition) is 5.